The first-order valence-electron chi connectivity index (χ1n) is 11.5. The Morgan fingerprint density at radius 1 is 1.06 bits per heavy atom. The van der Waals surface area contributed by atoms with E-state index in [1.54, 1.807) is 37.6 Å². The first kappa shape index (κ1) is 25.1. The lowest BCUT2D eigenvalue weighted by molar-refractivity contribution is 0.197. The van der Waals surface area contributed by atoms with Crippen LogP contribution in [0.15, 0.2) is 60.8 Å². The SMILES string of the molecule is COc1ccccc1N1CCN(CCCNC(=O)Oc2ccc(-c3ccc(Cl)cc3Cl)cn2)CC1. The standard InChI is InChI=1S/C26H28Cl2N4O3/c1-34-24-6-3-2-5-23(24)32-15-13-31(14-16-32)12-4-11-29-26(33)35-25-10-7-19(18-30-25)21-9-8-20(27)17-22(21)28/h2-3,5-10,17-18H,4,11-16H2,1H3,(H,29,33). The third-order valence-corrected chi connectivity index (χ3v) is 6.44. The largest absolute Gasteiger partial charge is 0.495 e. The van der Waals surface area contributed by atoms with E-state index < -0.39 is 6.09 Å². The minimum absolute atomic E-state index is 0.226. The Balaban J connectivity index is 1.16. The molecule has 184 valence electrons. The molecule has 1 N–H and O–H groups in total. The number of anilines is 1. The van der Waals surface area contributed by atoms with Gasteiger partial charge in [0.05, 0.1) is 12.8 Å². The maximum absolute atomic E-state index is 12.1. The molecule has 0 aliphatic carbocycles. The van der Waals surface area contributed by atoms with E-state index >= 15 is 0 Å². The van der Waals surface area contributed by atoms with E-state index in [4.69, 9.17) is 32.7 Å². The maximum atomic E-state index is 12.1. The van der Waals surface area contributed by atoms with Crippen LogP contribution < -0.4 is 19.7 Å². The summed E-state index contributed by atoms with van der Waals surface area (Å²) >= 11 is 12.2. The van der Waals surface area contributed by atoms with Gasteiger partial charge in [-0.1, -0.05) is 41.4 Å². The van der Waals surface area contributed by atoms with Gasteiger partial charge in [-0.2, -0.15) is 0 Å². The number of pyridine rings is 1. The summed E-state index contributed by atoms with van der Waals surface area (Å²) in [5.74, 6) is 1.13. The van der Waals surface area contributed by atoms with Gasteiger partial charge in [-0.25, -0.2) is 9.78 Å². The molecule has 1 aromatic heterocycles. The lowest BCUT2D eigenvalue weighted by Crippen LogP contribution is -2.47. The number of rotatable bonds is 8. The first-order chi connectivity index (χ1) is 17.0. The van der Waals surface area contributed by atoms with Gasteiger partial charge >= 0.3 is 6.09 Å². The van der Waals surface area contributed by atoms with Gasteiger partial charge in [-0.3, -0.25) is 4.90 Å². The highest BCUT2D eigenvalue weighted by Gasteiger charge is 2.19. The van der Waals surface area contributed by atoms with Crippen LogP contribution in [0.1, 0.15) is 6.42 Å². The van der Waals surface area contributed by atoms with Crippen LogP contribution >= 0.6 is 23.2 Å². The molecule has 0 bridgehead atoms. The summed E-state index contributed by atoms with van der Waals surface area (Å²) in [5.41, 5.74) is 2.76. The fourth-order valence-corrected chi connectivity index (χ4v) is 4.57. The number of nitrogens with zero attached hydrogens (tertiary/aromatic N) is 3. The Labute approximate surface area is 215 Å². The third-order valence-electron chi connectivity index (χ3n) is 5.89. The predicted octanol–water partition coefficient (Wildman–Crippen LogP) is 5.36. The second kappa shape index (κ2) is 12.1. The van der Waals surface area contributed by atoms with Crippen molar-refractivity contribution in [3.8, 4) is 22.8 Å². The number of hydrogen-bond donors (Lipinski definition) is 1. The van der Waals surface area contributed by atoms with Gasteiger partial charge in [0, 0.05) is 66.2 Å². The van der Waals surface area contributed by atoms with Gasteiger partial charge in [-0.05, 0) is 43.3 Å². The Hall–Kier alpha value is -3.00. The number of halogens is 2. The van der Waals surface area contributed by atoms with Crippen molar-refractivity contribution in [1.82, 2.24) is 15.2 Å². The highest BCUT2D eigenvalue weighted by atomic mass is 35.5. The summed E-state index contributed by atoms with van der Waals surface area (Å²) in [4.78, 5) is 21.1. The van der Waals surface area contributed by atoms with Crippen molar-refractivity contribution >= 4 is 35.0 Å². The second-order valence-electron chi connectivity index (χ2n) is 8.18. The molecule has 1 fully saturated rings. The van der Waals surface area contributed by atoms with Crippen molar-refractivity contribution in [2.75, 3.05) is 51.3 Å². The summed E-state index contributed by atoms with van der Waals surface area (Å²) in [5, 5.41) is 3.89. The molecule has 1 aliphatic heterocycles. The van der Waals surface area contributed by atoms with Crippen LogP contribution in [0.4, 0.5) is 10.5 Å². The summed E-state index contributed by atoms with van der Waals surface area (Å²) in [6.07, 6.45) is 1.93. The quantitative estimate of drug-likeness (QED) is 0.408. The molecule has 1 aliphatic rings. The molecule has 0 radical (unpaired) electrons. The minimum atomic E-state index is -0.518. The fourth-order valence-electron chi connectivity index (χ4n) is 4.05. The zero-order chi connectivity index (χ0) is 24.6. The number of ether oxygens (including phenoxy) is 2. The number of carbonyl (C=O) groups excluding carboxylic acids is 1. The maximum Gasteiger partial charge on any atom is 0.413 e. The summed E-state index contributed by atoms with van der Waals surface area (Å²) in [6, 6.07) is 16.8. The number of benzene rings is 2. The molecule has 0 spiro atoms. The van der Waals surface area contributed by atoms with E-state index in [0.717, 1.165) is 61.7 Å². The molecule has 0 saturated carbocycles. The average molecular weight is 515 g/mol. The van der Waals surface area contributed by atoms with Gasteiger partial charge in [0.25, 0.3) is 0 Å². The van der Waals surface area contributed by atoms with Crippen molar-refractivity contribution in [3.05, 3.63) is 70.8 Å². The average Bonchev–Trinajstić information content (AvgIpc) is 2.88. The van der Waals surface area contributed by atoms with E-state index in [2.05, 4.69) is 26.2 Å². The Morgan fingerprint density at radius 2 is 1.86 bits per heavy atom. The zero-order valence-electron chi connectivity index (χ0n) is 19.5. The molecule has 35 heavy (non-hydrogen) atoms. The van der Waals surface area contributed by atoms with E-state index in [9.17, 15) is 4.79 Å². The molecule has 3 aromatic rings. The van der Waals surface area contributed by atoms with Gasteiger partial charge < -0.3 is 19.7 Å². The van der Waals surface area contributed by atoms with Crippen molar-refractivity contribution in [2.45, 2.75) is 6.42 Å². The number of hydrogen-bond acceptors (Lipinski definition) is 6. The van der Waals surface area contributed by atoms with Crippen LogP contribution in [0, 0.1) is 0 Å². The third kappa shape index (κ3) is 6.78. The van der Waals surface area contributed by atoms with Crippen molar-refractivity contribution in [1.29, 1.82) is 0 Å². The number of amides is 1. The molecule has 1 amide bonds. The first-order valence-corrected chi connectivity index (χ1v) is 12.3. The van der Waals surface area contributed by atoms with E-state index in [0.29, 0.717) is 16.6 Å². The molecule has 1 saturated heterocycles. The molecular weight excluding hydrogens is 487 g/mol. The molecule has 0 atom stereocenters. The normalized spacial score (nSPS) is 14.0. The van der Waals surface area contributed by atoms with Gasteiger partial charge in [-0.15, -0.1) is 0 Å². The van der Waals surface area contributed by atoms with E-state index in [1.165, 1.54) is 0 Å². The smallest absolute Gasteiger partial charge is 0.413 e. The predicted molar refractivity (Wildman–Crippen MR) is 140 cm³/mol. The second-order valence-corrected chi connectivity index (χ2v) is 9.02. The molecule has 4 rings (SSSR count). The molecule has 2 heterocycles. The van der Waals surface area contributed by atoms with Crippen LogP contribution in [-0.2, 0) is 0 Å². The van der Waals surface area contributed by atoms with Crippen molar-refractivity contribution in [2.24, 2.45) is 0 Å². The summed E-state index contributed by atoms with van der Waals surface area (Å²) in [7, 11) is 1.70. The van der Waals surface area contributed by atoms with E-state index in [-0.39, 0.29) is 5.88 Å². The Kier molecular flexibility index (Phi) is 8.69. The molecule has 2 aromatic carbocycles. The van der Waals surface area contributed by atoms with Gasteiger partial charge in [0.2, 0.25) is 5.88 Å². The highest BCUT2D eigenvalue weighted by Crippen LogP contribution is 2.30. The Morgan fingerprint density at radius 3 is 2.57 bits per heavy atom. The number of nitrogens with one attached hydrogen (secondary N) is 1. The van der Waals surface area contributed by atoms with Crippen LogP contribution in [-0.4, -0.2) is 62.4 Å². The fraction of sp³-hybridized carbons (Fsp3) is 0.308. The van der Waals surface area contributed by atoms with Crippen LogP contribution in [0.25, 0.3) is 11.1 Å². The number of carbonyl (C=O) groups is 1. The van der Waals surface area contributed by atoms with Crippen LogP contribution in [0.2, 0.25) is 10.0 Å². The molecule has 0 unspecified atom stereocenters. The van der Waals surface area contributed by atoms with Crippen molar-refractivity contribution in [3.63, 3.8) is 0 Å². The van der Waals surface area contributed by atoms with Crippen LogP contribution in [0.5, 0.6) is 11.6 Å². The monoisotopic (exact) mass is 514 g/mol. The summed E-state index contributed by atoms with van der Waals surface area (Å²) in [6.45, 7) is 5.27. The lowest BCUT2D eigenvalue weighted by Gasteiger charge is -2.36. The van der Waals surface area contributed by atoms with Gasteiger partial charge in [0.1, 0.15) is 5.75 Å². The molecule has 9 heteroatoms. The lowest BCUT2D eigenvalue weighted by atomic mass is 10.1. The van der Waals surface area contributed by atoms with Crippen molar-refractivity contribution < 1.29 is 14.3 Å². The number of piperazine rings is 1. The topological polar surface area (TPSA) is 66.9 Å². The highest BCUT2D eigenvalue weighted by molar-refractivity contribution is 6.36. The van der Waals surface area contributed by atoms with E-state index in [1.807, 2.05) is 24.3 Å². The number of aromatic nitrogens is 1. The number of para-hydroxylation sites is 2. The van der Waals surface area contributed by atoms with Crippen LogP contribution in [0.3, 0.4) is 0 Å². The molecular formula is C26H28Cl2N4O3. The molecule has 7 nitrogen and oxygen atoms in total. The summed E-state index contributed by atoms with van der Waals surface area (Å²) < 4.78 is 10.8. The Bertz CT molecular complexity index is 1140. The number of methoxy groups -OCH3 is 1. The minimum Gasteiger partial charge on any atom is -0.495 e. The zero-order valence-corrected chi connectivity index (χ0v) is 21.1. The van der Waals surface area contributed by atoms with Gasteiger partial charge in [0.15, 0.2) is 0 Å².